The second-order valence-corrected chi connectivity index (χ2v) is 5.89. The molecule has 2 fully saturated rings. The highest BCUT2D eigenvalue weighted by molar-refractivity contribution is 5.33. The molecule has 0 spiro atoms. The van der Waals surface area contributed by atoms with Gasteiger partial charge in [0, 0.05) is 0 Å². The van der Waals surface area contributed by atoms with E-state index in [-0.39, 0.29) is 0 Å². The molecule has 0 unspecified atom stereocenters. The molecule has 1 aromatic rings. The zero-order valence-corrected chi connectivity index (χ0v) is 10.5. The molecule has 0 radical (unpaired) electrons. The van der Waals surface area contributed by atoms with Crippen LogP contribution < -0.4 is 0 Å². The zero-order valence-electron chi connectivity index (χ0n) is 10.5. The van der Waals surface area contributed by atoms with Gasteiger partial charge in [0.25, 0.3) is 0 Å². The molecule has 0 amide bonds. The van der Waals surface area contributed by atoms with E-state index < -0.39 is 0 Å². The van der Waals surface area contributed by atoms with Gasteiger partial charge in [-0.2, -0.15) is 0 Å². The van der Waals surface area contributed by atoms with Gasteiger partial charge < -0.3 is 5.11 Å². The molecule has 0 saturated heterocycles. The van der Waals surface area contributed by atoms with E-state index >= 15 is 0 Å². The Morgan fingerprint density at radius 1 is 0.882 bits per heavy atom. The van der Waals surface area contributed by atoms with Crippen LogP contribution in [-0.2, 0) is 5.41 Å². The molecule has 92 valence electrons. The maximum absolute atomic E-state index is 9.45. The van der Waals surface area contributed by atoms with E-state index in [9.17, 15) is 5.11 Å². The Morgan fingerprint density at radius 2 is 1.47 bits per heavy atom. The van der Waals surface area contributed by atoms with Crippen LogP contribution in [0.3, 0.4) is 0 Å². The third-order valence-electron chi connectivity index (χ3n) is 5.07. The second kappa shape index (κ2) is 4.36. The molecular formula is C16H22O. The van der Waals surface area contributed by atoms with Crippen LogP contribution in [-0.4, -0.2) is 5.11 Å². The van der Waals surface area contributed by atoms with Gasteiger partial charge in [-0.15, -0.1) is 0 Å². The topological polar surface area (TPSA) is 20.2 Å². The Morgan fingerprint density at radius 3 is 2.06 bits per heavy atom. The lowest BCUT2D eigenvalue weighted by Crippen LogP contribution is -2.30. The highest BCUT2D eigenvalue weighted by Crippen LogP contribution is 2.52. The standard InChI is InChI=1S/C16H22O/c17-15-9-7-14(8-10-15)16(11-3-4-12-16)13-5-1-2-6-13/h7-10,13,17H,1-6,11-12H2. The third-order valence-corrected chi connectivity index (χ3v) is 5.07. The van der Waals surface area contributed by atoms with Crippen molar-refractivity contribution in [3.63, 3.8) is 0 Å². The second-order valence-electron chi connectivity index (χ2n) is 5.89. The van der Waals surface area contributed by atoms with Gasteiger partial charge in [0.15, 0.2) is 0 Å². The molecule has 0 heterocycles. The fraction of sp³-hybridized carbons (Fsp3) is 0.625. The van der Waals surface area contributed by atoms with Crippen molar-refractivity contribution >= 4 is 0 Å². The molecule has 2 aliphatic rings. The predicted molar refractivity (Wildman–Crippen MR) is 70.2 cm³/mol. The molecule has 0 bridgehead atoms. The summed E-state index contributed by atoms with van der Waals surface area (Å²) in [6.07, 6.45) is 11.2. The predicted octanol–water partition coefficient (Wildman–Crippen LogP) is 4.39. The minimum absolute atomic E-state index is 0.397. The first kappa shape index (κ1) is 11.1. The molecule has 1 nitrogen and oxygen atoms in total. The Balaban J connectivity index is 1.95. The first-order valence-corrected chi connectivity index (χ1v) is 7.11. The molecule has 0 aliphatic heterocycles. The van der Waals surface area contributed by atoms with E-state index in [1.807, 2.05) is 12.1 Å². The van der Waals surface area contributed by atoms with E-state index in [2.05, 4.69) is 12.1 Å². The summed E-state index contributed by atoms with van der Waals surface area (Å²) in [6.45, 7) is 0. The molecule has 0 aromatic heterocycles. The van der Waals surface area contributed by atoms with Crippen molar-refractivity contribution in [1.82, 2.24) is 0 Å². The number of benzene rings is 1. The van der Waals surface area contributed by atoms with Crippen molar-refractivity contribution < 1.29 is 5.11 Å². The lowest BCUT2D eigenvalue weighted by atomic mass is 9.68. The summed E-state index contributed by atoms with van der Waals surface area (Å²) in [5.41, 5.74) is 1.93. The number of phenols is 1. The Labute approximate surface area is 104 Å². The Hall–Kier alpha value is -0.980. The van der Waals surface area contributed by atoms with Gasteiger partial charge in [0.2, 0.25) is 0 Å². The van der Waals surface area contributed by atoms with Crippen molar-refractivity contribution in [2.24, 2.45) is 5.92 Å². The zero-order chi connectivity index (χ0) is 11.7. The minimum Gasteiger partial charge on any atom is -0.508 e. The van der Waals surface area contributed by atoms with Gasteiger partial charge >= 0.3 is 0 Å². The lowest BCUT2D eigenvalue weighted by molar-refractivity contribution is 0.276. The maximum atomic E-state index is 9.45. The lowest BCUT2D eigenvalue weighted by Gasteiger charge is -2.36. The van der Waals surface area contributed by atoms with Crippen LogP contribution in [0.1, 0.15) is 56.9 Å². The summed E-state index contributed by atoms with van der Waals surface area (Å²) >= 11 is 0. The Kier molecular flexibility index (Phi) is 2.85. The number of aromatic hydroxyl groups is 1. The van der Waals surface area contributed by atoms with Crippen LogP contribution >= 0.6 is 0 Å². The summed E-state index contributed by atoms with van der Waals surface area (Å²) in [5.74, 6) is 1.29. The fourth-order valence-corrected chi connectivity index (χ4v) is 4.21. The molecule has 1 aromatic carbocycles. The number of hydrogen-bond acceptors (Lipinski definition) is 1. The molecule has 2 saturated carbocycles. The molecule has 3 rings (SSSR count). The minimum atomic E-state index is 0.397. The Bertz CT molecular complexity index is 367. The highest BCUT2D eigenvalue weighted by atomic mass is 16.3. The maximum Gasteiger partial charge on any atom is 0.115 e. The van der Waals surface area contributed by atoms with Crippen LogP contribution in [0.2, 0.25) is 0 Å². The van der Waals surface area contributed by atoms with Crippen molar-refractivity contribution in [3.8, 4) is 5.75 Å². The van der Waals surface area contributed by atoms with E-state index in [0.29, 0.717) is 11.2 Å². The highest BCUT2D eigenvalue weighted by Gasteiger charge is 2.43. The summed E-state index contributed by atoms with van der Waals surface area (Å²) in [4.78, 5) is 0. The number of rotatable bonds is 2. The first-order chi connectivity index (χ1) is 8.31. The van der Waals surface area contributed by atoms with Gasteiger partial charge in [0.05, 0.1) is 0 Å². The van der Waals surface area contributed by atoms with Crippen molar-refractivity contribution in [2.75, 3.05) is 0 Å². The number of hydrogen-bond donors (Lipinski definition) is 1. The third kappa shape index (κ3) is 1.86. The summed E-state index contributed by atoms with van der Waals surface area (Å²) < 4.78 is 0. The summed E-state index contributed by atoms with van der Waals surface area (Å²) in [6, 6.07) is 8.06. The van der Waals surface area contributed by atoms with E-state index in [4.69, 9.17) is 0 Å². The molecule has 0 atom stereocenters. The van der Waals surface area contributed by atoms with Crippen molar-refractivity contribution in [1.29, 1.82) is 0 Å². The van der Waals surface area contributed by atoms with E-state index in [0.717, 1.165) is 5.92 Å². The van der Waals surface area contributed by atoms with Gasteiger partial charge in [-0.3, -0.25) is 0 Å². The van der Waals surface area contributed by atoms with Crippen LogP contribution in [0.15, 0.2) is 24.3 Å². The monoisotopic (exact) mass is 230 g/mol. The van der Waals surface area contributed by atoms with Gasteiger partial charge in [-0.25, -0.2) is 0 Å². The van der Waals surface area contributed by atoms with Crippen molar-refractivity contribution in [3.05, 3.63) is 29.8 Å². The van der Waals surface area contributed by atoms with Gasteiger partial charge in [0.1, 0.15) is 5.75 Å². The SMILES string of the molecule is Oc1ccc(C2(C3CCCC3)CCCC2)cc1. The first-order valence-electron chi connectivity index (χ1n) is 7.11. The van der Waals surface area contributed by atoms with E-state index in [1.54, 1.807) is 0 Å². The smallest absolute Gasteiger partial charge is 0.115 e. The quantitative estimate of drug-likeness (QED) is 0.798. The van der Waals surface area contributed by atoms with Crippen LogP contribution in [0.4, 0.5) is 0 Å². The van der Waals surface area contributed by atoms with Crippen LogP contribution in [0.5, 0.6) is 5.75 Å². The molecule has 17 heavy (non-hydrogen) atoms. The molecule has 2 aliphatic carbocycles. The van der Waals surface area contributed by atoms with Crippen LogP contribution in [0.25, 0.3) is 0 Å². The fourth-order valence-electron chi connectivity index (χ4n) is 4.21. The summed E-state index contributed by atoms with van der Waals surface area (Å²) in [5, 5.41) is 9.45. The molecule has 1 heteroatoms. The van der Waals surface area contributed by atoms with Crippen LogP contribution in [0, 0.1) is 5.92 Å². The number of phenolic OH excluding ortho intramolecular Hbond substituents is 1. The molecule has 1 N–H and O–H groups in total. The van der Waals surface area contributed by atoms with Gasteiger partial charge in [-0.1, -0.05) is 37.8 Å². The normalized spacial score (nSPS) is 24.2. The summed E-state index contributed by atoms with van der Waals surface area (Å²) in [7, 11) is 0. The largest absolute Gasteiger partial charge is 0.508 e. The molecular weight excluding hydrogens is 208 g/mol. The van der Waals surface area contributed by atoms with Crippen molar-refractivity contribution in [2.45, 2.75) is 56.8 Å². The van der Waals surface area contributed by atoms with Gasteiger partial charge in [-0.05, 0) is 54.7 Å². The average molecular weight is 230 g/mol. The van der Waals surface area contributed by atoms with E-state index in [1.165, 1.54) is 56.9 Å². The average Bonchev–Trinajstić information content (AvgIpc) is 3.01.